The van der Waals surface area contributed by atoms with Crippen LogP contribution in [0.3, 0.4) is 0 Å². The molecule has 0 spiro atoms. The molecule has 7 heteroatoms. The summed E-state index contributed by atoms with van der Waals surface area (Å²) in [5.74, 6) is 0.00589. The fourth-order valence-corrected chi connectivity index (χ4v) is 3.87. The predicted octanol–water partition coefficient (Wildman–Crippen LogP) is 2.01. The molecule has 1 unspecified atom stereocenters. The molecule has 2 N–H and O–H groups in total. The maximum Gasteiger partial charge on any atom is 0.250 e. The van der Waals surface area contributed by atoms with Gasteiger partial charge in [0.05, 0.1) is 10.4 Å². The Morgan fingerprint density at radius 3 is 2.53 bits per heavy atom. The van der Waals surface area contributed by atoms with Crippen molar-refractivity contribution in [3.05, 3.63) is 16.0 Å². The second-order valence-electron chi connectivity index (χ2n) is 4.19. The van der Waals surface area contributed by atoms with Crippen LogP contribution in [0.1, 0.15) is 19.4 Å². The highest BCUT2D eigenvalue weighted by Crippen LogP contribution is 2.29. The normalized spacial score (nSPS) is 14.2. The summed E-state index contributed by atoms with van der Waals surface area (Å²) in [4.78, 5) is 0. The number of sulfonamides is 1. The molecule has 1 aromatic rings. The van der Waals surface area contributed by atoms with E-state index in [1.54, 1.807) is 6.92 Å². The minimum Gasteiger partial charge on any atom is -0.391 e. The van der Waals surface area contributed by atoms with Crippen LogP contribution < -0.4 is 4.72 Å². The van der Waals surface area contributed by atoms with Crippen molar-refractivity contribution in [2.24, 2.45) is 5.92 Å². The second kappa shape index (κ2) is 5.67. The van der Waals surface area contributed by atoms with Crippen LogP contribution >= 0.6 is 22.9 Å². The molecule has 0 saturated carbocycles. The third kappa shape index (κ3) is 3.93. The fourth-order valence-electron chi connectivity index (χ4n) is 1.07. The number of aliphatic hydroxyl groups excluding tert-OH is 1. The largest absolute Gasteiger partial charge is 0.391 e. The lowest BCUT2D eigenvalue weighted by atomic mass is 10.1. The summed E-state index contributed by atoms with van der Waals surface area (Å²) in [7, 11) is -3.57. The molecule has 0 aliphatic heterocycles. The zero-order chi connectivity index (χ0) is 13.2. The van der Waals surface area contributed by atoms with Gasteiger partial charge in [-0.05, 0) is 24.5 Å². The van der Waals surface area contributed by atoms with E-state index in [2.05, 4.69) is 4.72 Å². The highest BCUT2D eigenvalue weighted by Gasteiger charge is 2.20. The van der Waals surface area contributed by atoms with E-state index in [1.807, 2.05) is 13.8 Å². The first-order valence-electron chi connectivity index (χ1n) is 5.17. The maximum absolute atomic E-state index is 11.9. The number of thiophene rings is 1. The molecule has 17 heavy (non-hydrogen) atoms. The molecule has 0 fully saturated rings. The molecule has 1 atom stereocenters. The first-order chi connectivity index (χ1) is 7.74. The molecule has 1 aromatic heterocycles. The number of hydrogen-bond donors (Lipinski definition) is 2. The molecular weight excluding hydrogens is 282 g/mol. The molecule has 0 saturated heterocycles. The highest BCUT2D eigenvalue weighted by molar-refractivity contribution is 7.91. The van der Waals surface area contributed by atoms with E-state index < -0.39 is 16.1 Å². The van der Waals surface area contributed by atoms with Crippen molar-refractivity contribution >= 4 is 33.0 Å². The third-order valence-corrected chi connectivity index (χ3v) is 5.80. The number of rotatable bonds is 5. The van der Waals surface area contributed by atoms with Gasteiger partial charge in [0.15, 0.2) is 0 Å². The second-order valence-corrected chi connectivity index (χ2v) is 7.83. The number of aryl methyl sites for hydroxylation is 1. The monoisotopic (exact) mass is 297 g/mol. The predicted molar refractivity (Wildman–Crippen MR) is 70.1 cm³/mol. The lowest BCUT2D eigenvalue weighted by Gasteiger charge is -2.14. The molecule has 0 amide bonds. The SMILES string of the molecule is Cc1cc(S(=O)(=O)NCC(O)C(C)C)sc1Cl. The van der Waals surface area contributed by atoms with Gasteiger partial charge < -0.3 is 5.11 Å². The van der Waals surface area contributed by atoms with Gasteiger partial charge in [-0.1, -0.05) is 25.4 Å². The Morgan fingerprint density at radius 1 is 1.53 bits per heavy atom. The average Bonchev–Trinajstić information content (AvgIpc) is 2.56. The molecule has 0 aliphatic rings. The molecule has 0 radical (unpaired) electrons. The molecule has 0 bridgehead atoms. The van der Waals surface area contributed by atoms with E-state index >= 15 is 0 Å². The lowest BCUT2D eigenvalue weighted by molar-refractivity contribution is 0.129. The van der Waals surface area contributed by atoms with Gasteiger partial charge in [-0.3, -0.25) is 0 Å². The average molecular weight is 298 g/mol. The van der Waals surface area contributed by atoms with E-state index in [9.17, 15) is 13.5 Å². The van der Waals surface area contributed by atoms with Crippen molar-refractivity contribution in [3.8, 4) is 0 Å². The van der Waals surface area contributed by atoms with Crippen molar-refractivity contribution in [1.29, 1.82) is 0 Å². The summed E-state index contributed by atoms with van der Waals surface area (Å²) in [6.07, 6.45) is -0.693. The van der Waals surface area contributed by atoms with E-state index in [1.165, 1.54) is 6.07 Å². The number of halogens is 1. The summed E-state index contributed by atoms with van der Waals surface area (Å²) < 4.78 is 26.7. The Kier molecular flexibility index (Phi) is 4.97. The summed E-state index contributed by atoms with van der Waals surface area (Å²) in [6, 6.07) is 1.52. The summed E-state index contributed by atoms with van der Waals surface area (Å²) in [5.41, 5.74) is 0.737. The zero-order valence-electron chi connectivity index (χ0n) is 9.90. The summed E-state index contributed by atoms with van der Waals surface area (Å²) in [5, 5.41) is 9.55. The summed E-state index contributed by atoms with van der Waals surface area (Å²) in [6.45, 7) is 5.41. The van der Waals surface area contributed by atoms with Crippen molar-refractivity contribution in [2.75, 3.05) is 6.54 Å². The van der Waals surface area contributed by atoms with Gasteiger partial charge in [-0.15, -0.1) is 11.3 Å². The van der Waals surface area contributed by atoms with Gasteiger partial charge in [0.1, 0.15) is 4.21 Å². The lowest BCUT2D eigenvalue weighted by Crippen LogP contribution is -2.34. The van der Waals surface area contributed by atoms with E-state index in [0.29, 0.717) is 4.34 Å². The zero-order valence-corrected chi connectivity index (χ0v) is 12.3. The molecule has 1 rings (SSSR count). The van der Waals surface area contributed by atoms with E-state index in [4.69, 9.17) is 11.6 Å². The van der Waals surface area contributed by atoms with Gasteiger partial charge in [0.2, 0.25) is 10.0 Å². The van der Waals surface area contributed by atoms with E-state index in [0.717, 1.165) is 16.9 Å². The molecule has 4 nitrogen and oxygen atoms in total. The first kappa shape index (κ1) is 14.9. The standard InChI is InChI=1S/C10H16ClNO3S2/c1-6(2)8(13)5-12-17(14,15)9-4-7(3)10(11)16-9/h4,6,8,12-13H,5H2,1-3H3. The van der Waals surface area contributed by atoms with Crippen molar-refractivity contribution < 1.29 is 13.5 Å². The number of nitrogens with one attached hydrogen (secondary N) is 1. The Labute approximate surface area is 111 Å². The smallest absolute Gasteiger partial charge is 0.250 e. The van der Waals surface area contributed by atoms with Crippen LogP contribution in [0.15, 0.2) is 10.3 Å². The quantitative estimate of drug-likeness (QED) is 0.873. The van der Waals surface area contributed by atoms with Crippen LogP contribution in [0, 0.1) is 12.8 Å². The van der Waals surface area contributed by atoms with Crippen LogP contribution in [0.25, 0.3) is 0 Å². The fraction of sp³-hybridized carbons (Fsp3) is 0.600. The van der Waals surface area contributed by atoms with Crippen LogP contribution in [-0.4, -0.2) is 26.2 Å². The van der Waals surface area contributed by atoms with Gasteiger partial charge in [-0.25, -0.2) is 13.1 Å². The molecule has 0 aliphatic carbocycles. The third-order valence-electron chi connectivity index (χ3n) is 2.35. The Hall–Kier alpha value is -0.140. The number of hydrogen-bond acceptors (Lipinski definition) is 4. The Balaban J connectivity index is 2.76. The molecule has 1 heterocycles. The van der Waals surface area contributed by atoms with Gasteiger partial charge >= 0.3 is 0 Å². The van der Waals surface area contributed by atoms with Gasteiger partial charge in [0, 0.05) is 6.54 Å². The molecular formula is C10H16ClNO3S2. The minimum absolute atomic E-state index is 0.00589. The van der Waals surface area contributed by atoms with Gasteiger partial charge in [0.25, 0.3) is 0 Å². The minimum atomic E-state index is -3.57. The van der Waals surface area contributed by atoms with Crippen LogP contribution in [0.5, 0.6) is 0 Å². The summed E-state index contributed by atoms with van der Waals surface area (Å²) >= 11 is 6.84. The van der Waals surface area contributed by atoms with Crippen molar-refractivity contribution in [3.63, 3.8) is 0 Å². The van der Waals surface area contributed by atoms with Crippen molar-refractivity contribution in [1.82, 2.24) is 4.72 Å². The maximum atomic E-state index is 11.9. The number of aliphatic hydroxyl groups is 1. The van der Waals surface area contributed by atoms with Gasteiger partial charge in [-0.2, -0.15) is 0 Å². The Bertz CT molecular complexity index is 462. The highest BCUT2D eigenvalue weighted by atomic mass is 35.5. The Morgan fingerprint density at radius 2 is 2.12 bits per heavy atom. The topological polar surface area (TPSA) is 66.4 Å². The van der Waals surface area contributed by atoms with Crippen LogP contribution in [0.2, 0.25) is 4.34 Å². The van der Waals surface area contributed by atoms with Crippen LogP contribution in [0.4, 0.5) is 0 Å². The van der Waals surface area contributed by atoms with Crippen LogP contribution in [-0.2, 0) is 10.0 Å². The molecule has 0 aromatic carbocycles. The van der Waals surface area contributed by atoms with Crippen molar-refractivity contribution in [2.45, 2.75) is 31.1 Å². The van der Waals surface area contributed by atoms with E-state index in [-0.39, 0.29) is 16.7 Å². The molecule has 98 valence electrons. The first-order valence-corrected chi connectivity index (χ1v) is 7.85.